The van der Waals surface area contributed by atoms with Gasteiger partial charge in [0.05, 0.1) is 19.8 Å². The van der Waals surface area contributed by atoms with E-state index in [-0.39, 0.29) is 0 Å². The zero-order valence-corrected chi connectivity index (χ0v) is 13.5. The first-order chi connectivity index (χ1) is 10.2. The molecule has 1 aromatic rings. The molecule has 1 aliphatic heterocycles. The van der Waals surface area contributed by atoms with Crippen molar-refractivity contribution in [3.05, 3.63) is 29.8 Å². The Labute approximate surface area is 128 Å². The summed E-state index contributed by atoms with van der Waals surface area (Å²) in [5, 5.41) is 3.67. The van der Waals surface area contributed by atoms with Crippen LogP contribution in [-0.4, -0.2) is 50.4 Å². The predicted molar refractivity (Wildman–Crippen MR) is 85.9 cm³/mol. The van der Waals surface area contributed by atoms with E-state index in [9.17, 15) is 0 Å². The van der Waals surface area contributed by atoms with Crippen LogP contribution in [0.3, 0.4) is 0 Å². The highest BCUT2D eigenvalue weighted by Gasteiger charge is 2.15. The quantitative estimate of drug-likeness (QED) is 0.837. The molecule has 4 heteroatoms. The van der Waals surface area contributed by atoms with Crippen LogP contribution in [0.5, 0.6) is 5.75 Å². The Morgan fingerprint density at radius 3 is 2.48 bits per heavy atom. The molecule has 0 aliphatic carbocycles. The number of hydrogen-bond acceptors (Lipinski definition) is 4. The first kappa shape index (κ1) is 16.3. The largest absolute Gasteiger partial charge is 0.494 e. The molecule has 0 radical (unpaired) electrons. The topological polar surface area (TPSA) is 33.7 Å². The van der Waals surface area contributed by atoms with Gasteiger partial charge in [-0.1, -0.05) is 12.1 Å². The molecule has 0 bridgehead atoms. The van der Waals surface area contributed by atoms with E-state index >= 15 is 0 Å². The number of nitrogens with zero attached hydrogens (tertiary/aromatic N) is 1. The second-order valence-electron chi connectivity index (χ2n) is 5.70. The first-order valence-electron chi connectivity index (χ1n) is 7.98. The van der Waals surface area contributed by atoms with Crippen molar-refractivity contribution in [2.24, 2.45) is 0 Å². The first-order valence-corrected chi connectivity index (χ1v) is 7.98. The molecule has 2 unspecified atom stereocenters. The van der Waals surface area contributed by atoms with Crippen LogP contribution in [0.15, 0.2) is 24.3 Å². The van der Waals surface area contributed by atoms with Gasteiger partial charge in [0, 0.05) is 31.7 Å². The minimum atomic E-state index is 0.344. The fourth-order valence-electron chi connectivity index (χ4n) is 2.77. The molecule has 1 heterocycles. The average molecular weight is 292 g/mol. The van der Waals surface area contributed by atoms with E-state index < -0.39 is 0 Å². The molecule has 0 aromatic heterocycles. The van der Waals surface area contributed by atoms with Gasteiger partial charge in [-0.05, 0) is 38.5 Å². The van der Waals surface area contributed by atoms with E-state index in [1.54, 1.807) is 0 Å². The number of ether oxygens (including phenoxy) is 2. The molecular weight excluding hydrogens is 264 g/mol. The van der Waals surface area contributed by atoms with E-state index in [1.807, 2.05) is 19.1 Å². The summed E-state index contributed by atoms with van der Waals surface area (Å²) >= 11 is 0. The summed E-state index contributed by atoms with van der Waals surface area (Å²) in [6, 6.07) is 9.18. The Hall–Kier alpha value is -1.10. The maximum atomic E-state index is 5.48. The van der Waals surface area contributed by atoms with Gasteiger partial charge < -0.3 is 14.8 Å². The molecule has 0 saturated carbocycles. The third kappa shape index (κ3) is 5.30. The summed E-state index contributed by atoms with van der Waals surface area (Å²) in [5.74, 6) is 0.940. The Kier molecular flexibility index (Phi) is 6.49. The van der Waals surface area contributed by atoms with E-state index in [1.165, 1.54) is 5.56 Å². The molecule has 1 aromatic carbocycles. The third-order valence-corrected chi connectivity index (χ3v) is 3.86. The van der Waals surface area contributed by atoms with Crippen molar-refractivity contribution in [2.75, 3.05) is 39.5 Å². The molecule has 1 N–H and O–H groups in total. The maximum Gasteiger partial charge on any atom is 0.119 e. The number of rotatable bonds is 7. The smallest absolute Gasteiger partial charge is 0.119 e. The molecule has 118 valence electrons. The monoisotopic (exact) mass is 292 g/mol. The summed E-state index contributed by atoms with van der Waals surface area (Å²) < 4.78 is 10.9. The average Bonchev–Trinajstić information content (AvgIpc) is 2.49. The van der Waals surface area contributed by atoms with Crippen LogP contribution in [0.2, 0.25) is 0 Å². The van der Waals surface area contributed by atoms with Crippen LogP contribution in [0.25, 0.3) is 0 Å². The zero-order valence-electron chi connectivity index (χ0n) is 13.5. The normalized spacial score (nSPS) is 19.2. The fraction of sp³-hybridized carbons (Fsp3) is 0.647. The summed E-state index contributed by atoms with van der Waals surface area (Å²) in [4.78, 5) is 2.46. The van der Waals surface area contributed by atoms with Crippen LogP contribution in [-0.2, 0) is 4.74 Å². The standard InChI is InChI=1S/C17H28N2O2/c1-4-21-17-7-5-16(6-8-17)15(3)18-14(2)13-19-9-11-20-12-10-19/h5-8,14-15,18H,4,9-13H2,1-3H3. The van der Waals surface area contributed by atoms with Gasteiger partial charge in [-0.15, -0.1) is 0 Å². The van der Waals surface area contributed by atoms with Crippen LogP contribution in [0, 0.1) is 0 Å². The fourth-order valence-corrected chi connectivity index (χ4v) is 2.77. The van der Waals surface area contributed by atoms with Crippen LogP contribution < -0.4 is 10.1 Å². The van der Waals surface area contributed by atoms with E-state index in [0.29, 0.717) is 18.7 Å². The summed E-state index contributed by atoms with van der Waals surface area (Å²) in [6.45, 7) is 12.1. The number of nitrogens with one attached hydrogen (secondary N) is 1. The third-order valence-electron chi connectivity index (χ3n) is 3.86. The highest BCUT2D eigenvalue weighted by Crippen LogP contribution is 2.18. The van der Waals surface area contributed by atoms with E-state index in [4.69, 9.17) is 9.47 Å². The van der Waals surface area contributed by atoms with E-state index in [2.05, 4.69) is 36.2 Å². The summed E-state index contributed by atoms with van der Waals surface area (Å²) in [5.41, 5.74) is 1.30. The van der Waals surface area contributed by atoms with Gasteiger partial charge in [0.15, 0.2) is 0 Å². The molecule has 2 rings (SSSR count). The van der Waals surface area contributed by atoms with Crippen LogP contribution >= 0.6 is 0 Å². The predicted octanol–water partition coefficient (Wildman–Crippen LogP) is 2.46. The van der Waals surface area contributed by atoms with Crippen molar-refractivity contribution >= 4 is 0 Å². The Morgan fingerprint density at radius 1 is 1.19 bits per heavy atom. The zero-order chi connectivity index (χ0) is 15.1. The van der Waals surface area contributed by atoms with E-state index in [0.717, 1.165) is 38.6 Å². The van der Waals surface area contributed by atoms with Crippen LogP contribution in [0.1, 0.15) is 32.4 Å². The van der Waals surface area contributed by atoms with Gasteiger partial charge in [0.1, 0.15) is 5.75 Å². The summed E-state index contributed by atoms with van der Waals surface area (Å²) in [6.07, 6.45) is 0. The Bertz CT molecular complexity index is 402. The lowest BCUT2D eigenvalue weighted by Gasteiger charge is -2.30. The van der Waals surface area contributed by atoms with Gasteiger partial charge >= 0.3 is 0 Å². The number of morpholine rings is 1. The maximum absolute atomic E-state index is 5.48. The second kappa shape index (κ2) is 8.37. The lowest BCUT2D eigenvalue weighted by molar-refractivity contribution is 0.0339. The Morgan fingerprint density at radius 2 is 1.86 bits per heavy atom. The van der Waals surface area contributed by atoms with Gasteiger partial charge in [0.2, 0.25) is 0 Å². The van der Waals surface area contributed by atoms with Crippen molar-refractivity contribution < 1.29 is 9.47 Å². The van der Waals surface area contributed by atoms with Gasteiger partial charge in [-0.3, -0.25) is 4.90 Å². The molecular formula is C17H28N2O2. The minimum absolute atomic E-state index is 0.344. The van der Waals surface area contributed by atoms with Crippen LogP contribution in [0.4, 0.5) is 0 Å². The SMILES string of the molecule is CCOc1ccc(C(C)NC(C)CN2CCOCC2)cc1. The highest BCUT2D eigenvalue weighted by molar-refractivity contribution is 5.28. The molecule has 1 saturated heterocycles. The second-order valence-corrected chi connectivity index (χ2v) is 5.70. The minimum Gasteiger partial charge on any atom is -0.494 e. The van der Waals surface area contributed by atoms with Gasteiger partial charge in [0.25, 0.3) is 0 Å². The molecule has 1 fully saturated rings. The molecule has 0 spiro atoms. The van der Waals surface area contributed by atoms with Crippen molar-refractivity contribution in [2.45, 2.75) is 32.9 Å². The van der Waals surface area contributed by atoms with Crippen molar-refractivity contribution in [1.82, 2.24) is 10.2 Å². The molecule has 0 amide bonds. The van der Waals surface area contributed by atoms with Crippen molar-refractivity contribution in [3.63, 3.8) is 0 Å². The van der Waals surface area contributed by atoms with Gasteiger partial charge in [-0.25, -0.2) is 0 Å². The Balaban J connectivity index is 1.80. The van der Waals surface area contributed by atoms with Crippen molar-refractivity contribution in [3.8, 4) is 5.75 Å². The molecule has 21 heavy (non-hydrogen) atoms. The van der Waals surface area contributed by atoms with Gasteiger partial charge in [-0.2, -0.15) is 0 Å². The lowest BCUT2D eigenvalue weighted by Crippen LogP contribution is -2.44. The lowest BCUT2D eigenvalue weighted by atomic mass is 10.1. The molecule has 2 atom stereocenters. The molecule has 1 aliphatic rings. The summed E-state index contributed by atoms with van der Waals surface area (Å²) in [7, 11) is 0. The molecule has 4 nitrogen and oxygen atoms in total. The number of benzene rings is 1. The number of hydrogen-bond donors (Lipinski definition) is 1. The highest BCUT2D eigenvalue weighted by atomic mass is 16.5. The van der Waals surface area contributed by atoms with Crippen molar-refractivity contribution in [1.29, 1.82) is 0 Å².